The number of aromatic nitrogens is 4. The number of nitrogens with zero attached hydrogens (tertiary/aromatic N) is 4. The van der Waals surface area contributed by atoms with Crippen molar-refractivity contribution in [2.24, 2.45) is 14.1 Å². The monoisotopic (exact) mass is 382 g/mol. The van der Waals surface area contributed by atoms with Crippen LogP contribution in [0.1, 0.15) is 30.1 Å². The van der Waals surface area contributed by atoms with Gasteiger partial charge >= 0.3 is 5.69 Å². The van der Waals surface area contributed by atoms with Crippen molar-refractivity contribution in [1.29, 1.82) is 0 Å². The van der Waals surface area contributed by atoms with Crippen LogP contribution in [0.2, 0.25) is 0 Å². The maximum atomic E-state index is 12.7. The van der Waals surface area contributed by atoms with Crippen LogP contribution in [0, 0.1) is 0 Å². The molecule has 1 aliphatic rings. The van der Waals surface area contributed by atoms with Gasteiger partial charge in [0, 0.05) is 20.1 Å². The summed E-state index contributed by atoms with van der Waals surface area (Å²) in [5.41, 5.74) is 4.40. The maximum Gasteiger partial charge on any atom is 0.332 e. The Morgan fingerprint density at radius 1 is 1.32 bits per heavy atom. The Balaban J connectivity index is 1.82. The first kappa shape index (κ1) is 17.7. The fourth-order valence-electron chi connectivity index (χ4n) is 2.22. The second kappa shape index (κ2) is 6.64. The van der Waals surface area contributed by atoms with E-state index in [-0.39, 0.29) is 11.4 Å². The zero-order chi connectivity index (χ0) is 18.3. The van der Waals surface area contributed by atoms with Gasteiger partial charge in [-0.05, 0) is 19.8 Å². The Hall–Kier alpha value is -2.14. The number of nitrogens with two attached hydrogens (primary N) is 1. The molecule has 0 aliphatic heterocycles. The SMILES string of the molecule is CC(Sc1nnc(NC2CC2)s1)C(=O)c1c(N)n(C)c(=O)n(C)c1=O. The first-order valence-corrected chi connectivity index (χ1v) is 9.35. The van der Waals surface area contributed by atoms with Gasteiger partial charge in [0.25, 0.3) is 5.56 Å². The normalized spacial score (nSPS) is 15.2. The summed E-state index contributed by atoms with van der Waals surface area (Å²) >= 11 is 2.58. The van der Waals surface area contributed by atoms with E-state index < -0.39 is 22.3 Å². The van der Waals surface area contributed by atoms with Crippen LogP contribution in [0.5, 0.6) is 0 Å². The molecule has 1 saturated carbocycles. The topological polar surface area (TPSA) is 125 Å². The third-order valence-electron chi connectivity index (χ3n) is 3.91. The fraction of sp³-hybridized carbons (Fsp3) is 0.500. The van der Waals surface area contributed by atoms with Crippen LogP contribution in [-0.2, 0) is 14.1 Å². The van der Waals surface area contributed by atoms with Gasteiger partial charge in [0.2, 0.25) is 5.13 Å². The number of hydrogen-bond donors (Lipinski definition) is 2. The minimum atomic E-state index is -0.689. The van der Waals surface area contributed by atoms with Gasteiger partial charge in [0.15, 0.2) is 10.1 Å². The van der Waals surface area contributed by atoms with E-state index in [0.29, 0.717) is 10.4 Å². The lowest BCUT2D eigenvalue weighted by Gasteiger charge is -2.13. The highest BCUT2D eigenvalue weighted by molar-refractivity contribution is 8.02. The third kappa shape index (κ3) is 3.47. The average Bonchev–Trinajstić information content (AvgIpc) is 3.29. The predicted octanol–water partition coefficient (Wildman–Crippen LogP) is 0.456. The molecule has 9 nitrogen and oxygen atoms in total. The first-order valence-electron chi connectivity index (χ1n) is 7.66. The summed E-state index contributed by atoms with van der Waals surface area (Å²) in [5, 5.41) is 11.5. The van der Waals surface area contributed by atoms with Crippen LogP contribution in [0.15, 0.2) is 13.9 Å². The molecule has 0 spiro atoms. The molecule has 1 fully saturated rings. The van der Waals surface area contributed by atoms with E-state index in [2.05, 4.69) is 15.5 Å². The zero-order valence-electron chi connectivity index (χ0n) is 14.0. The van der Waals surface area contributed by atoms with Crippen molar-refractivity contribution in [2.45, 2.75) is 35.4 Å². The number of carbonyl (C=O) groups is 1. The van der Waals surface area contributed by atoms with Crippen molar-refractivity contribution in [3.63, 3.8) is 0 Å². The third-order valence-corrected chi connectivity index (χ3v) is 5.95. The quantitative estimate of drug-likeness (QED) is 0.545. The number of carbonyl (C=O) groups excluding carboxylic acids is 1. The van der Waals surface area contributed by atoms with E-state index in [9.17, 15) is 14.4 Å². The number of rotatable bonds is 6. The molecule has 2 aromatic rings. The number of anilines is 2. The summed E-state index contributed by atoms with van der Waals surface area (Å²) in [4.78, 5) is 36.9. The second-order valence-corrected chi connectivity index (χ2v) is 8.45. The standard InChI is InChI=1S/C14H18N6O3S2/c1-6(24-13-18-17-12(25-13)16-7-4-5-7)9(21)8-10(15)19(2)14(23)20(3)11(8)22/h6-7H,4-5,15H2,1-3H3,(H,16,17). The minimum absolute atomic E-state index is 0.126. The van der Waals surface area contributed by atoms with Gasteiger partial charge in [-0.1, -0.05) is 23.1 Å². The average molecular weight is 382 g/mol. The van der Waals surface area contributed by atoms with E-state index in [1.807, 2.05) is 0 Å². The number of nitrogen functional groups attached to an aromatic ring is 1. The van der Waals surface area contributed by atoms with Crippen LogP contribution in [0.3, 0.4) is 0 Å². The highest BCUT2D eigenvalue weighted by Crippen LogP contribution is 2.32. The Bertz CT molecular complexity index is 943. The van der Waals surface area contributed by atoms with Crippen LogP contribution in [0.25, 0.3) is 0 Å². The van der Waals surface area contributed by atoms with E-state index in [0.717, 1.165) is 27.1 Å². The summed E-state index contributed by atoms with van der Waals surface area (Å²) in [6.45, 7) is 1.67. The molecule has 1 atom stereocenters. The zero-order valence-corrected chi connectivity index (χ0v) is 15.6. The van der Waals surface area contributed by atoms with Crippen molar-refractivity contribution >= 4 is 39.8 Å². The highest BCUT2D eigenvalue weighted by atomic mass is 32.2. The Morgan fingerprint density at radius 3 is 2.64 bits per heavy atom. The van der Waals surface area contributed by atoms with Gasteiger partial charge in [-0.15, -0.1) is 10.2 Å². The summed E-state index contributed by atoms with van der Waals surface area (Å²) in [6, 6.07) is 0.471. The number of hydrogen-bond acceptors (Lipinski definition) is 9. The van der Waals surface area contributed by atoms with Gasteiger partial charge in [0.05, 0.1) is 5.25 Å². The molecule has 1 unspecified atom stereocenters. The van der Waals surface area contributed by atoms with Crippen molar-refractivity contribution in [2.75, 3.05) is 11.1 Å². The molecule has 2 heterocycles. The molecule has 0 aromatic carbocycles. The fourth-order valence-corrected chi connectivity index (χ4v) is 4.25. The highest BCUT2D eigenvalue weighted by Gasteiger charge is 2.27. The Morgan fingerprint density at radius 2 is 2.00 bits per heavy atom. The number of thioether (sulfide) groups is 1. The van der Waals surface area contributed by atoms with Crippen LogP contribution >= 0.6 is 23.1 Å². The van der Waals surface area contributed by atoms with Gasteiger partial charge < -0.3 is 11.1 Å². The number of ketones is 1. The predicted molar refractivity (Wildman–Crippen MR) is 97.5 cm³/mol. The maximum absolute atomic E-state index is 12.7. The summed E-state index contributed by atoms with van der Waals surface area (Å²) in [6.07, 6.45) is 2.26. The molecule has 2 aromatic heterocycles. The smallest absolute Gasteiger partial charge is 0.332 e. The van der Waals surface area contributed by atoms with Gasteiger partial charge in [-0.25, -0.2) is 4.79 Å². The Labute approximate surface area is 151 Å². The van der Waals surface area contributed by atoms with Crippen LogP contribution in [-0.4, -0.2) is 36.4 Å². The van der Waals surface area contributed by atoms with E-state index in [1.165, 1.54) is 37.2 Å². The lowest BCUT2D eigenvalue weighted by molar-refractivity contribution is 0.0992. The molecule has 3 rings (SSSR count). The van der Waals surface area contributed by atoms with Gasteiger partial charge in [-0.2, -0.15) is 0 Å². The van der Waals surface area contributed by atoms with Crippen molar-refractivity contribution in [3.05, 3.63) is 26.4 Å². The Kier molecular flexibility index (Phi) is 4.69. The summed E-state index contributed by atoms with van der Waals surface area (Å²) < 4.78 is 2.60. The molecule has 0 amide bonds. The number of Topliss-reactive ketones (excluding diaryl/α,β-unsaturated/α-hetero) is 1. The molecule has 1 aliphatic carbocycles. The van der Waals surface area contributed by atoms with Crippen molar-refractivity contribution in [1.82, 2.24) is 19.3 Å². The summed E-state index contributed by atoms with van der Waals surface area (Å²) in [5.74, 6) is -0.565. The minimum Gasteiger partial charge on any atom is -0.384 e. The van der Waals surface area contributed by atoms with E-state index in [4.69, 9.17) is 5.73 Å². The molecular formula is C14H18N6O3S2. The molecule has 134 valence electrons. The second-order valence-electron chi connectivity index (χ2n) is 5.88. The van der Waals surface area contributed by atoms with Crippen molar-refractivity contribution in [3.8, 4) is 0 Å². The molecular weight excluding hydrogens is 364 g/mol. The lowest BCUT2D eigenvalue weighted by Crippen LogP contribution is -2.42. The van der Waals surface area contributed by atoms with Crippen molar-refractivity contribution < 1.29 is 4.79 Å². The molecule has 0 radical (unpaired) electrons. The number of nitrogens with one attached hydrogen (secondary N) is 1. The van der Waals surface area contributed by atoms with Gasteiger partial charge in [0.1, 0.15) is 11.4 Å². The first-order chi connectivity index (χ1) is 11.8. The van der Waals surface area contributed by atoms with E-state index in [1.54, 1.807) is 6.92 Å². The van der Waals surface area contributed by atoms with Crippen LogP contribution < -0.4 is 22.3 Å². The summed E-state index contributed by atoms with van der Waals surface area (Å²) in [7, 11) is 2.74. The lowest BCUT2D eigenvalue weighted by atomic mass is 10.1. The molecule has 0 saturated heterocycles. The molecule has 0 bridgehead atoms. The molecule has 3 N–H and O–H groups in total. The van der Waals surface area contributed by atoms with Gasteiger partial charge in [-0.3, -0.25) is 18.7 Å². The van der Waals surface area contributed by atoms with Crippen LogP contribution in [0.4, 0.5) is 10.9 Å². The van der Waals surface area contributed by atoms with E-state index >= 15 is 0 Å². The largest absolute Gasteiger partial charge is 0.384 e. The molecule has 25 heavy (non-hydrogen) atoms. The molecule has 11 heteroatoms.